The molecule has 140 valence electrons. The number of rotatable bonds is 8. The summed E-state index contributed by atoms with van der Waals surface area (Å²) in [7, 11) is 1.73. The Labute approximate surface area is 159 Å². The van der Waals surface area contributed by atoms with E-state index in [2.05, 4.69) is 27.8 Å². The normalized spacial score (nSPS) is 16.3. The van der Waals surface area contributed by atoms with Gasteiger partial charge in [-0.2, -0.15) is 0 Å². The fourth-order valence-electron chi connectivity index (χ4n) is 3.43. The van der Waals surface area contributed by atoms with Crippen molar-refractivity contribution in [3.05, 3.63) is 52.0 Å². The van der Waals surface area contributed by atoms with Crippen molar-refractivity contribution in [3.63, 3.8) is 0 Å². The van der Waals surface area contributed by atoms with Crippen LogP contribution in [-0.4, -0.2) is 44.2 Å². The van der Waals surface area contributed by atoms with Gasteiger partial charge in [0.1, 0.15) is 0 Å². The third-order valence-electron chi connectivity index (χ3n) is 4.91. The Morgan fingerprint density at radius 3 is 2.81 bits per heavy atom. The summed E-state index contributed by atoms with van der Waals surface area (Å²) in [5.74, 6) is 0.0376. The minimum absolute atomic E-state index is 0.0376. The number of piperidine rings is 1. The smallest absolute Gasteiger partial charge is 0.226 e. The lowest BCUT2D eigenvalue weighted by Crippen LogP contribution is -2.47. The maximum Gasteiger partial charge on any atom is 0.226 e. The summed E-state index contributed by atoms with van der Waals surface area (Å²) in [6.07, 6.45) is 3.21. The predicted molar refractivity (Wildman–Crippen MR) is 104 cm³/mol. The predicted octanol–water partition coefficient (Wildman–Crippen LogP) is 2.41. The second-order valence-corrected chi connectivity index (χ2v) is 7.97. The van der Waals surface area contributed by atoms with Gasteiger partial charge in [0, 0.05) is 30.9 Å². The van der Waals surface area contributed by atoms with Crippen LogP contribution >= 0.6 is 11.3 Å². The van der Waals surface area contributed by atoms with Crippen LogP contribution in [0.2, 0.25) is 0 Å². The number of amides is 1. The zero-order chi connectivity index (χ0) is 18.2. The zero-order valence-corrected chi connectivity index (χ0v) is 16.1. The van der Waals surface area contributed by atoms with E-state index < -0.39 is 0 Å². The Morgan fingerprint density at radius 1 is 1.31 bits per heavy atom. The van der Waals surface area contributed by atoms with Gasteiger partial charge in [-0.3, -0.25) is 4.79 Å². The molecule has 1 aliphatic heterocycles. The first-order chi connectivity index (χ1) is 12.7. The molecule has 0 radical (unpaired) electrons. The summed E-state index contributed by atoms with van der Waals surface area (Å²) in [5.41, 5.74) is 2.14. The molecule has 0 aliphatic carbocycles. The molecule has 1 aromatic carbocycles. The molecule has 1 fully saturated rings. The number of thiazole rings is 1. The van der Waals surface area contributed by atoms with Gasteiger partial charge >= 0.3 is 0 Å². The largest absolute Gasteiger partial charge is 0.384 e. The maximum atomic E-state index is 12.4. The molecule has 0 spiro atoms. The van der Waals surface area contributed by atoms with Crippen LogP contribution in [0.5, 0.6) is 0 Å². The van der Waals surface area contributed by atoms with E-state index in [1.54, 1.807) is 18.4 Å². The van der Waals surface area contributed by atoms with Crippen molar-refractivity contribution in [1.82, 2.24) is 15.6 Å². The van der Waals surface area contributed by atoms with E-state index in [4.69, 9.17) is 4.74 Å². The van der Waals surface area contributed by atoms with E-state index >= 15 is 0 Å². The highest BCUT2D eigenvalue weighted by molar-refractivity contribution is 7.09. The Balaban J connectivity index is 1.50. The number of hydrogen-bond donors (Lipinski definition) is 2. The van der Waals surface area contributed by atoms with Crippen molar-refractivity contribution < 1.29 is 9.53 Å². The van der Waals surface area contributed by atoms with Gasteiger partial charge in [0.2, 0.25) is 5.91 Å². The molecule has 1 amide bonds. The molecule has 0 atom stereocenters. The van der Waals surface area contributed by atoms with Gasteiger partial charge in [-0.05, 0) is 31.5 Å². The molecule has 0 saturated carbocycles. The molecule has 1 aliphatic rings. The third-order valence-corrected chi connectivity index (χ3v) is 5.81. The highest BCUT2D eigenvalue weighted by atomic mass is 32.1. The number of aromatic nitrogens is 1. The number of nitrogens with one attached hydrogen (secondary N) is 2. The van der Waals surface area contributed by atoms with Crippen LogP contribution in [0.15, 0.2) is 35.7 Å². The first-order valence-corrected chi connectivity index (χ1v) is 10.0. The summed E-state index contributed by atoms with van der Waals surface area (Å²) in [6, 6.07) is 10.3. The number of benzene rings is 1. The van der Waals surface area contributed by atoms with Crippen LogP contribution in [0, 0.1) is 5.41 Å². The first-order valence-electron chi connectivity index (χ1n) is 9.13. The lowest BCUT2D eigenvalue weighted by atomic mass is 9.79. The van der Waals surface area contributed by atoms with Gasteiger partial charge in [-0.25, -0.2) is 4.98 Å². The summed E-state index contributed by atoms with van der Waals surface area (Å²) >= 11 is 1.62. The molecule has 6 heteroatoms. The van der Waals surface area contributed by atoms with Crippen LogP contribution in [0.4, 0.5) is 0 Å². The lowest BCUT2D eigenvalue weighted by molar-refractivity contribution is -0.121. The van der Waals surface area contributed by atoms with Crippen molar-refractivity contribution in [2.75, 3.05) is 33.4 Å². The standard InChI is InChI=1S/C20H27N3O2S/c1-25-15-20(7-9-21-10-8-20)14-22-18(24)12-17-13-26-19(23-17)11-16-5-3-2-4-6-16/h2-6,13,21H,7-12,14-15H2,1H3,(H,22,24). The molecule has 26 heavy (non-hydrogen) atoms. The van der Waals surface area contributed by atoms with E-state index in [0.29, 0.717) is 19.6 Å². The summed E-state index contributed by atoms with van der Waals surface area (Å²) in [5, 5.41) is 9.52. The van der Waals surface area contributed by atoms with Crippen LogP contribution in [0.25, 0.3) is 0 Å². The van der Waals surface area contributed by atoms with Gasteiger partial charge in [-0.15, -0.1) is 11.3 Å². The fraction of sp³-hybridized carbons (Fsp3) is 0.500. The average Bonchev–Trinajstić information content (AvgIpc) is 3.09. The van der Waals surface area contributed by atoms with Gasteiger partial charge < -0.3 is 15.4 Å². The molecule has 3 rings (SSSR count). The van der Waals surface area contributed by atoms with Gasteiger partial charge in [-0.1, -0.05) is 30.3 Å². The van der Waals surface area contributed by atoms with Crippen LogP contribution in [-0.2, 0) is 22.4 Å². The maximum absolute atomic E-state index is 12.4. The van der Waals surface area contributed by atoms with Crippen molar-refractivity contribution in [2.24, 2.45) is 5.41 Å². The van der Waals surface area contributed by atoms with E-state index in [9.17, 15) is 4.79 Å². The minimum Gasteiger partial charge on any atom is -0.384 e. The average molecular weight is 374 g/mol. The second-order valence-electron chi connectivity index (χ2n) is 7.03. The quantitative estimate of drug-likeness (QED) is 0.746. The van der Waals surface area contributed by atoms with Gasteiger partial charge in [0.05, 0.1) is 23.7 Å². The molecule has 2 heterocycles. The molecular weight excluding hydrogens is 346 g/mol. The van der Waals surface area contributed by atoms with Gasteiger partial charge in [0.25, 0.3) is 0 Å². The van der Waals surface area contributed by atoms with E-state index in [-0.39, 0.29) is 11.3 Å². The van der Waals surface area contributed by atoms with E-state index in [1.165, 1.54) is 5.56 Å². The number of methoxy groups -OCH3 is 1. The molecule has 2 N–H and O–H groups in total. The lowest BCUT2D eigenvalue weighted by Gasteiger charge is -2.37. The molecule has 1 saturated heterocycles. The number of carbonyl (C=O) groups is 1. The molecule has 0 unspecified atom stereocenters. The summed E-state index contributed by atoms with van der Waals surface area (Å²) in [4.78, 5) is 17.0. The van der Waals surface area contributed by atoms with Crippen LogP contribution in [0.1, 0.15) is 29.1 Å². The Bertz CT molecular complexity index is 691. The number of nitrogens with zero attached hydrogens (tertiary/aromatic N) is 1. The van der Waals surface area contributed by atoms with Crippen molar-refractivity contribution in [3.8, 4) is 0 Å². The molecule has 1 aromatic heterocycles. The SMILES string of the molecule is COCC1(CNC(=O)Cc2csc(Cc3ccccc3)n2)CCNCC1. The van der Waals surface area contributed by atoms with Crippen LogP contribution < -0.4 is 10.6 Å². The van der Waals surface area contributed by atoms with E-state index in [0.717, 1.165) is 43.1 Å². The topological polar surface area (TPSA) is 63.2 Å². The van der Waals surface area contributed by atoms with Crippen molar-refractivity contribution >= 4 is 17.2 Å². The number of hydrogen-bond acceptors (Lipinski definition) is 5. The zero-order valence-electron chi connectivity index (χ0n) is 15.3. The Hall–Kier alpha value is -1.76. The monoisotopic (exact) mass is 373 g/mol. The Morgan fingerprint density at radius 2 is 2.08 bits per heavy atom. The second kappa shape index (κ2) is 9.26. The highest BCUT2D eigenvalue weighted by Crippen LogP contribution is 2.28. The van der Waals surface area contributed by atoms with Crippen LogP contribution in [0.3, 0.4) is 0 Å². The Kier molecular flexibility index (Phi) is 6.77. The van der Waals surface area contributed by atoms with Crippen molar-refractivity contribution in [2.45, 2.75) is 25.7 Å². The van der Waals surface area contributed by atoms with E-state index in [1.807, 2.05) is 23.6 Å². The summed E-state index contributed by atoms with van der Waals surface area (Å²) < 4.78 is 5.41. The number of carbonyl (C=O) groups excluding carboxylic acids is 1. The summed E-state index contributed by atoms with van der Waals surface area (Å²) in [6.45, 7) is 3.32. The third kappa shape index (κ3) is 5.37. The van der Waals surface area contributed by atoms with Crippen molar-refractivity contribution in [1.29, 1.82) is 0 Å². The molecule has 2 aromatic rings. The molecule has 0 bridgehead atoms. The minimum atomic E-state index is 0.0376. The molecular formula is C20H27N3O2S. The van der Waals surface area contributed by atoms with Gasteiger partial charge in [0.15, 0.2) is 0 Å². The molecule has 5 nitrogen and oxygen atoms in total. The number of ether oxygens (including phenoxy) is 1. The fourth-order valence-corrected chi connectivity index (χ4v) is 4.26. The first kappa shape index (κ1) is 19.0. The highest BCUT2D eigenvalue weighted by Gasteiger charge is 2.32.